The largest absolute Gasteiger partial charge is 0.363 e. The normalized spacial score (nSPS) is 15.5. The van der Waals surface area contributed by atoms with Crippen molar-refractivity contribution in [2.75, 3.05) is 10.4 Å². The van der Waals surface area contributed by atoms with Crippen LogP contribution in [0.3, 0.4) is 0 Å². The number of hydrazone groups is 2. The zero-order valence-corrected chi connectivity index (χ0v) is 18.6. The monoisotopic (exact) mass is 449 g/mol. The molecule has 8 nitrogen and oxygen atoms in total. The van der Waals surface area contributed by atoms with Crippen molar-refractivity contribution in [3.8, 4) is 0 Å². The number of aryl methyl sites for hydroxylation is 1. The molecule has 1 atom stereocenters. The summed E-state index contributed by atoms with van der Waals surface area (Å²) in [5, 5.41) is 17.4. The predicted octanol–water partition coefficient (Wildman–Crippen LogP) is 4.28. The number of aromatic nitrogens is 3. The van der Waals surface area contributed by atoms with Crippen LogP contribution in [-0.4, -0.2) is 27.1 Å². The highest BCUT2D eigenvalue weighted by Gasteiger charge is 2.29. The van der Waals surface area contributed by atoms with Gasteiger partial charge in [0.05, 0.1) is 23.7 Å². The highest BCUT2D eigenvalue weighted by molar-refractivity contribution is 6.03. The molecule has 3 aromatic carbocycles. The van der Waals surface area contributed by atoms with Crippen molar-refractivity contribution < 1.29 is 0 Å². The van der Waals surface area contributed by atoms with Crippen LogP contribution in [0.4, 0.5) is 11.5 Å². The van der Waals surface area contributed by atoms with E-state index in [0.29, 0.717) is 11.5 Å². The topological polar surface area (TPSA) is 98.6 Å². The minimum absolute atomic E-state index is 0.121. The molecule has 8 heteroatoms. The van der Waals surface area contributed by atoms with Gasteiger partial charge in [-0.3, -0.25) is 10.4 Å². The van der Waals surface area contributed by atoms with E-state index in [0.717, 1.165) is 28.9 Å². The first-order chi connectivity index (χ1) is 16.7. The zero-order valence-electron chi connectivity index (χ0n) is 18.6. The second-order valence-corrected chi connectivity index (χ2v) is 7.92. The summed E-state index contributed by atoms with van der Waals surface area (Å²) >= 11 is 0. The molecule has 1 aliphatic rings. The van der Waals surface area contributed by atoms with Crippen LogP contribution in [0, 0.1) is 6.92 Å². The summed E-state index contributed by atoms with van der Waals surface area (Å²) in [5.41, 5.74) is 8.13. The van der Waals surface area contributed by atoms with Crippen LogP contribution in [0.5, 0.6) is 0 Å². The summed E-state index contributed by atoms with van der Waals surface area (Å²) in [5.74, 6) is 0.321. The first-order valence-corrected chi connectivity index (χ1v) is 11.0. The van der Waals surface area contributed by atoms with Gasteiger partial charge in [-0.05, 0) is 35.7 Å². The predicted molar refractivity (Wildman–Crippen MR) is 134 cm³/mol. The van der Waals surface area contributed by atoms with Crippen molar-refractivity contribution in [2.45, 2.75) is 19.4 Å². The van der Waals surface area contributed by atoms with E-state index in [1.54, 1.807) is 13.1 Å². The van der Waals surface area contributed by atoms with Crippen molar-refractivity contribution in [1.82, 2.24) is 15.2 Å². The number of H-pyrrole nitrogens is 1. The molecule has 0 aliphatic carbocycles. The van der Waals surface area contributed by atoms with Crippen molar-refractivity contribution in [2.24, 2.45) is 10.2 Å². The van der Waals surface area contributed by atoms with E-state index in [9.17, 15) is 4.79 Å². The van der Waals surface area contributed by atoms with Gasteiger partial charge in [0.1, 0.15) is 5.69 Å². The van der Waals surface area contributed by atoms with Gasteiger partial charge in [-0.25, -0.2) is 9.89 Å². The van der Waals surface area contributed by atoms with E-state index in [1.165, 1.54) is 5.56 Å². The summed E-state index contributed by atoms with van der Waals surface area (Å²) in [6, 6.07) is 28.9. The molecular weight excluding hydrogens is 426 g/mol. The van der Waals surface area contributed by atoms with Crippen LogP contribution in [-0.2, 0) is 0 Å². The number of rotatable bonds is 6. The fraction of sp³-hybridized carbons (Fsp3) is 0.115. The minimum Gasteiger partial charge on any atom is -0.260 e. The summed E-state index contributed by atoms with van der Waals surface area (Å²) in [4.78, 5) is 15.2. The molecule has 0 bridgehead atoms. The van der Waals surface area contributed by atoms with Crippen molar-refractivity contribution in [1.29, 1.82) is 0 Å². The van der Waals surface area contributed by atoms with Gasteiger partial charge in [0.15, 0.2) is 5.82 Å². The summed E-state index contributed by atoms with van der Waals surface area (Å²) < 4.78 is 0. The summed E-state index contributed by atoms with van der Waals surface area (Å²) in [6.07, 6.45) is 2.50. The van der Waals surface area contributed by atoms with Gasteiger partial charge in [0.25, 0.3) is 0 Å². The maximum Gasteiger partial charge on any atom is 0.363 e. The molecule has 0 saturated carbocycles. The molecule has 168 valence electrons. The third-order valence-electron chi connectivity index (χ3n) is 5.62. The second-order valence-electron chi connectivity index (χ2n) is 7.92. The Morgan fingerprint density at radius 2 is 1.71 bits per heavy atom. The lowest BCUT2D eigenvalue weighted by molar-refractivity contribution is 0.709. The number of nitrogens with zero attached hydrogens (tertiary/aromatic N) is 5. The highest BCUT2D eigenvalue weighted by atomic mass is 16.1. The van der Waals surface area contributed by atoms with E-state index in [1.807, 2.05) is 48.5 Å². The summed E-state index contributed by atoms with van der Waals surface area (Å²) in [6.45, 7) is 1.74. The average Bonchev–Trinajstić information content (AvgIpc) is 3.33. The Hall–Kier alpha value is -4.59. The van der Waals surface area contributed by atoms with Gasteiger partial charge >= 0.3 is 5.69 Å². The van der Waals surface area contributed by atoms with Gasteiger partial charge in [0.2, 0.25) is 0 Å². The number of benzene rings is 3. The molecule has 4 aromatic rings. The SMILES string of the molecule is Cc1n[nH]c(=O)nc1N/N=C/c1ccc(N2N=C(c3ccccc3)CC2c2ccccc2)cc1. The molecule has 0 saturated heterocycles. The van der Waals surface area contributed by atoms with Crippen molar-refractivity contribution in [3.63, 3.8) is 0 Å². The molecule has 1 aliphatic heterocycles. The van der Waals surface area contributed by atoms with Gasteiger partial charge in [-0.1, -0.05) is 72.8 Å². The number of nitrogens with one attached hydrogen (secondary N) is 2. The van der Waals surface area contributed by atoms with E-state index in [-0.39, 0.29) is 6.04 Å². The fourth-order valence-corrected chi connectivity index (χ4v) is 3.87. The van der Waals surface area contributed by atoms with Crippen molar-refractivity contribution in [3.05, 3.63) is 118 Å². The zero-order chi connectivity index (χ0) is 23.3. The Labute approximate surface area is 196 Å². The molecule has 5 rings (SSSR count). The molecule has 1 unspecified atom stereocenters. The minimum atomic E-state index is -0.526. The molecule has 0 spiro atoms. The van der Waals surface area contributed by atoms with Crippen LogP contribution >= 0.6 is 0 Å². The highest BCUT2D eigenvalue weighted by Crippen LogP contribution is 2.36. The van der Waals surface area contributed by atoms with Crippen molar-refractivity contribution >= 4 is 23.4 Å². The van der Waals surface area contributed by atoms with Crippen LogP contribution < -0.4 is 16.1 Å². The molecule has 0 amide bonds. The molecule has 2 heterocycles. The lowest BCUT2D eigenvalue weighted by atomic mass is 9.98. The Bertz CT molecular complexity index is 1380. The Balaban J connectivity index is 1.38. The van der Waals surface area contributed by atoms with E-state index in [4.69, 9.17) is 5.10 Å². The molecule has 0 radical (unpaired) electrons. The van der Waals surface area contributed by atoms with Crippen LogP contribution in [0.2, 0.25) is 0 Å². The standard InChI is InChI=1S/C26H23N7O/c1-18-25(28-26(34)31-29-18)30-27-17-19-12-14-22(15-13-19)33-24(21-10-6-3-7-11-21)16-23(32-33)20-8-4-2-5-9-20/h2-15,17,24H,16H2,1H3,(H2,28,30,31,34)/b27-17+. The quantitative estimate of drug-likeness (QED) is 0.338. The van der Waals surface area contributed by atoms with Gasteiger partial charge in [0, 0.05) is 6.42 Å². The number of hydrogen-bond donors (Lipinski definition) is 2. The Morgan fingerprint density at radius 3 is 2.44 bits per heavy atom. The number of hydrogen-bond acceptors (Lipinski definition) is 7. The van der Waals surface area contributed by atoms with Crippen LogP contribution in [0.1, 0.15) is 34.8 Å². The van der Waals surface area contributed by atoms with Gasteiger partial charge in [-0.15, -0.1) is 0 Å². The van der Waals surface area contributed by atoms with Crippen LogP contribution in [0.25, 0.3) is 0 Å². The second kappa shape index (κ2) is 9.50. The molecule has 1 aromatic heterocycles. The Kier molecular flexibility index (Phi) is 5.94. The Morgan fingerprint density at radius 1 is 1.00 bits per heavy atom. The molecule has 2 N–H and O–H groups in total. The average molecular weight is 450 g/mol. The van der Waals surface area contributed by atoms with E-state index in [2.05, 4.69) is 67.1 Å². The van der Waals surface area contributed by atoms with E-state index < -0.39 is 5.69 Å². The number of aromatic amines is 1. The smallest absolute Gasteiger partial charge is 0.260 e. The molecule has 34 heavy (non-hydrogen) atoms. The first kappa shape index (κ1) is 21.3. The number of anilines is 2. The van der Waals surface area contributed by atoms with Gasteiger partial charge < -0.3 is 0 Å². The maximum absolute atomic E-state index is 11.3. The fourth-order valence-electron chi connectivity index (χ4n) is 3.87. The maximum atomic E-state index is 11.3. The molecule has 0 fully saturated rings. The lowest BCUT2D eigenvalue weighted by Crippen LogP contribution is -2.18. The van der Waals surface area contributed by atoms with E-state index >= 15 is 0 Å². The third kappa shape index (κ3) is 4.61. The lowest BCUT2D eigenvalue weighted by Gasteiger charge is -2.24. The third-order valence-corrected chi connectivity index (χ3v) is 5.62. The summed E-state index contributed by atoms with van der Waals surface area (Å²) in [7, 11) is 0. The van der Waals surface area contributed by atoms with Crippen LogP contribution in [0.15, 0.2) is 99.9 Å². The van der Waals surface area contributed by atoms with Gasteiger partial charge in [-0.2, -0.15) is 20.3 Å². The first-order valence-electron chi connectivity index (χ1n) is 11.0. The molecular formula is C26H23N7O.